The Balaban J connectivity index is 0.000000537. The Morgan fingerprint density at radius 2 is 1.64 bits per heavy atom. The number of nitrogens with zero attached hydrogens (tertiary/aromatic N) is 1. The Labute approximate surface area is 267 Å². The van der Waals surface area contributed by atoms with Crippen molar-refractivity contribution in [3.8, 4) is 0 Å². The summed E-state index contributed by atoms with van der Waals surface area (Å²) < 4.78 is 36.7. The van der Waals surface area contributed by atoms with E-state index < -0.39 is 22.0 Å². The number of hydrogen-bond donors (Lipinski definition) is 0. The molecule has 2 aromatic carbocycles. The number of allylic oxidation sites excluding steroid dienone is 3. The van der Waals surface area contributed by atoms with E-state index in [0.717, 1.165) is 42.3 Å². The van der Waals surface area contributed by atoms with E-state index in [1.807, 2.05) is 38.1 Å². The van der Waals surface area contributed by atoms with Crippen molar-refractivity contribution in [2.24, 2.45) is 22.2 Å². The third kappa shape index (κ3) is 9.76. The van der Waals surface area contributed by atoms with Crippen LogP contribution in [0.4, 0.5) is 18.9 Å². The number of aliphatic imine (C=N–C) groups is 1. The first-order valence-electron chi connectivity index (χ1n) is 15.2. The Bertz CT molecular complexity index is 1370. The van der Waals surface area contributed by atoms with Crippen LogP contribution in [0.1, 0.15) is 102 Å². The summed E-state index contributed by atoms with van der Waals surface area (Å²) in [6, 6.07) is 11.6. The average molecular weight is 632 g/mol. The van der Waals surface area contributed by atoms with Gasteiger partial charge >= 0.3 is 6.18 Å². The second kappa shape index (κ2) is 16.4. The van der Waals surface area contributed by atoms with Crippen LogP contribution in [0.25, 0.3) is 0 Å². The van der Waals surface area contributed by atoms with Crippen molar-refractivity contribution in [1.29, 1.82) is 0 Å². The van der Waals surface area contributed by atoms with Gasteiger partial charge in [0.05, 0.1) is 16.1 Å². The van der Waals surface area contributed by atoms with Gasteiger partial charge in [0.1, 0.15) is 12.1 Å². The molecule has 0 fully saturated rings. The summed E-state index contributed by atoms with van der Waals surface area (Å²) >= 11 is 6.89. The van der Waals surface area contributed by atoms with Crippen molar-refractivity contribution in [3.63, 3.8) is 0 Å². The highest BCUT2D eigenvalue weighted by Gasteiger charge is 2.43. The molecule has 0 spiro atoms. The normalized spacial score (nSPS) is 17.7. The molecule has 3 nitrogen and oxygen atoms in total. The van der Waals surface area contributed by atoms with E-state index in [-0.39, 0.29) is 28.7 Å². The molecule has 0 heterocycles. The van der Waals surface area contributed by atoms with Gasteiger partial charge in [0.15, 0.2) is 0 Å². The fourth-order valence-electron chi connectivity index (χ4n) is 5.56. The number of alkyl halides is 4. The number of ketones is 1. The van der Waals surface area contributed by atoms with E-state index in [2.05, 4.69) is 54.2 Å². The third-order valence-corrected chi connectivity index (χ3v) is 8.65. The number of aldehydes is 1. The largest absolute Gasteiger partial charge is 0.416 e. The van der Waals surface area contributed by atoms with Crippen molar-refractivity contribution in [2.45, 2.75) is 99.6 Å². The molecular formula is C37H49ClF3NO2. The van der Waals surface area contributed by atoms with E-state index in [1.165, 1.54) is 30.2 Å². The molecule has 0 saturated heterocycles. The predicted octanol–water partition coefficient (Wildman–Crippen LogP) is 11.5. The molecule has 1 aliphatic rings. The van der Waals surface area contributed by atoms with Crippen LogP contribution in [0.15, 0.2) is 71.3 Å². The minimum absolute atomic E-state index is 0.0397. The maximum absolute atomic E-state index is 12.4. The molecule has 0 amide bonds. The minimum atomic E-state index is -4.39. The average Bonchev–Trinajstić information content (AvgIpc) is 2.97. The zero-order valence-corrected chi connectivity index (χ0v) is 28.7. The molecule has 0 aromatic heterocycles. The highest BCUT2D eigenvalue weighted by Crippen LogP contribution is 2.50. The lowest BCUT2D eigenvalue weighted by molar-refractivity contribution is -0.138. The van der Waals surface area contributed by atoms with E-state index in [4.69, 9.17) is 16.6 Å². The van der Waals surface area contributed by atoms with Crippen molar-refractivity contribution in [1.82, 2.24) is 0 Å². The van der Waals surface area contributed by atoms with Crippen LogP contribution in [0, 0.1) is 31.1 Å². The fraction of sp³-hybridized carbons (Fsp3) is 0.486. The molecule has 0 N–H and O–H groups in total. The molecule has 3 atom stereocenters. The smallest absolute Gasteiger partial charge is 0.300 e. The standard InChI is InChI=1S/C26H36ClNO.C9H7F3O.C2H6/c1-9-26(8,20(5)28-23-16-11-10-13-17(23)2)24-21(18(3)19(4)29)14-12-15-22(24)25(6,7)27;1-6-2-3-7(5-13)4-8(6)9(10,11)12;1-2/h9-11,13,16,18,21H,1,12,14-15H2,2-8H3;2-5H,1H3;1-2H3. The molecular weight excluding hydrogens is 583 g/mol. The second-order valence-corrected chi connectivity index (χ2v) is 12.8. The van der Waals surface area contributed by atoms with Crippen LogP contribution >= 0.6 is 11.6 Å². The second-order valence-electron chi connectivity index (χ2n) is 11.8. The Morgan fingerprint density at radius 3 is 2.11 bits per heavy atom. The number of para-hydroxylation sites is 1. The molecule has 0 radical (unpaired) electrons. The number of rotatable bonds is 8. The minimum Gasteiger partial charge on any atom is -0.300 e. The number of halogens is 4. The van der Waals surface area contributed by atoms with Gasteiger partial charge in [0, 0.05) is 22.6 Å². The van der Waals surface area contributed by atoms with Gasteiger partial charge in [-0.25, -0.2) is 0 Å². The Morgan fingerprint density at radius 1 is 1.05 bits per heavy atom. The maximum Gasteiger partial charge on any atom is 0.416 e. The lowest BCUT2D eigenvalue weighted by Crippen LogP contribution is -2.39. The zero-order valence-electron chi connectivity index (χ0n) is 28.0. The number of hydrogen-bond acceptors (Lipinski definition) is 3. The molecule has 0 bridgehead atoms. The fourth-order valence-corrected chi connectivity index (χ4v) is 5.75. The molecule has 242 valence electrons. The number of carbonyl (C=O) groups excluding carboxylic acids is 2. The number of carbonyl (C=O) groups is 2. The summed E-state index contributed by atoms with van der Waals surface area (Å²) in [5, 5.41) is 0. The van der Waals surface area contributed by atoms with E-state index >= 15 is 0 Å². The van der Waals surface area contributed by atoms with E-state index in [0.29, 0.717) is 6.29 Å². The van der Waals surface area contributed by atoms with Crippen molar-refractivity contribution in [2.75, 3.05) is 0 Å². The summed E-state index contributed by atoms with van der Waals surface area (Å²) in [7, 11) is 0. The third-order valence-electron chi connectivity index (χ3n) is 8.43. The number of benzene rings is 2. The highest BCUT2D eigenvalue weighted by atomic mass is 35.5. The quantitative estimate of drug-likeness (QED) is 0.126. The van der Waals surface area contributed by atoms with Crippen molar-refractivity contribution in [3.05, 3.63) is 88.5 Å². The van der Waals surface area contributed by atoms with Gasteiger partial charge in [0.25, 0.3) is 0 Å². The van der Waals surface area contributed by atoms with Crippen molar-refractivity contribution < 1.29 is 22.8 Å². The van der Waals surface area contributed by atoms with Crippen LogP contribution in [-0.4, -0.2) is 22.7 Å². The zero-order chi connectivity index (χ0) is 34.0. The summed E-state index contributed by atoms with van der Waals surface area (Å²) in [4.78, 5) is 27.1. The van der Waals surface area contributed by atoms with Gasteiger partial charge in [-0.2, -0.15) is 13.2 Å². The molecule has 1 aliphatic carbocycles. The SMILES string of the molecule is C=CC(C)(C(C)=Nc1ccccc1C)C1=C(C(C)(C)Cl)CCCC1C(C)C(C)=O.CC.Cc1ccc(C=O)cc1C(F)(F)F. The van der Waals surface area contributed by atoms with Gasteiger partial charge in [0.2, 0.25) is 0 Å². The van der Waals surface area contributed by atoms with Gasteiger partial charge in [-0.15, -0.1) is 18.2 Å². The van der Waals surface area contributed by atoms with Crippen LogP contribution < -0.4 is 0 Å². The molecule has 7 heteroatoms. The molecule has 2 aromatic rings. The first kappa shape index (κ1) is 39.0. The number of aryl methyl sites for hydroxylation is 2. The molecule has 3 unspecified atom stereocenters. The van der Waals surface area contributed by atoms with Crippen LogP contribution in [0.5, 0.6) is 0 Å². The predicted molar refractivity (Wildman–Crippen MR) is 179 cm³/mol. The van der Waals surface area contributed by atoms with Gasteiger partial charge in [-0.05, 0) is 102 Å². The first-order valence-corrected chi connectivity index (χ1v) is 15.6. The van der Waals surface area contributed by atoms with Gasteiger partial charge in [-0.1, -0.05) is 62.8 Å². The summed E-state index contributed by atoms with van der Waals surface area (Å²) in [6.07, 6.45) is 1.01. The highest BCUT2D eigenvalue weighted by molar-refractivity contribution is 6.25. The lowest BCUT2D eigenvalue weighted by atomic mass is 9.61. The summed E-state index contributed by atoms with van der Waals surface area (Å²) in [5.41, 5.74) is 4.53. The molecule has 44 heavy (non-hydrogen) atoms. The topological polar surface area (TPSA) is 46.5 Å². The van der Waals surface area contributed by atoms with Crippen LogP contribution in [0.2, 0.25) is 0 Å². The Kier molecular flexibility index (Phi) is 14.5. The monoisotopic (exact) mass is 631 g/mol. The van der Waals surface area contributed by atoms with E-state index in [9.17, 15) is 22.8 Å². The van der Waals surface area contributed by atoms with Gasteiger partial charge < -0.3 is 0 Å². The van der Waals surface area contributed by atoms with Crippen molar-refractivity contribution >= 4 is 35.1 Å². The first-order chi connectivity index (χ1) is 20.4. The maximum atomic E-state index is 12.4. The van der Waals surface area contributed by atoms with E-state index in [1.54, 1.807) is 6.92 Å². The molecule has 0 aliphatic heterocycles. The van der Waals surface area contributed by atoms with Crippen LogP contribution in [-0.2, 0) is 11.0 Å². The molecule has 0 saturated carbocycles. The lowest BCUT2D eigenvalue weighted by Gasteiger charge is -2.44. The number of Topliss-reactive ketones (excluding diaryl/α,β-unsaturated/α-hetero) is 1. The van der Waals surface area contributed by atoms with Gasteiger partial charge in [-0.3, -0.25) is 14.6 Å². The summed E-state index contributed by atoms with van der Waals surface area (Å²) in [6.45, 7) is 23.8. The van der Waals surface area contributed by atoms with Crippen LogP contribution in [0.3, 0.4) is 0 Å². The summed E-state index contributed by atoms with van der Waals surface area (Å²) in [5.74, 6) is 0.324. The Hall–Kier alpha value is -2.99. The molecule has 3 rings (SSSR count).